The second-order valence-electron chi connectivity index (χ2n) is 4.80. The van der Waals surface area contributed by atoms with Crippen LogP contribution in [0.25, 0.3) is 0 Å². The van der Waals surface area contributed by atoms with Gasteiger partial charge >= 0.3 is 0 Å². The Morgan fingerprint density at radius 2 is 2.11 bits per heavy atom. The fourth-order valence-electron chi connectivity index (χ4n) is 1.66. The van der Waals surface area contributed by atoms with Crippen LogP contribution in [0.1, 0.15) is 32.3 Å². The number of nitrogens with one attached hydrogen (secondary N) is 1. The summed E-state index contributed by atoms with van der Waals surface area (Å²) in [5.41, 5.74) is 5.97. The lowest BCUT2D eigenvalue weighted by Crippen LogP contribution is -2.25. The van der Waals surface area contributed by atoms with Crippen molar-refractivity contribution in [1.82, 2.24) is 4.72 Å². The van der Waals surface area contributed by atoms with Gasteiger partial charge in [0.05, 0.1) is 10.5 Å². The molecule has 0 amide bonds. The topological polar surface area (TPSA) is 96.0 Å². The molecule has 1 rings (SSSR count). The summed E-state index contributed by atoms with van der Waals surface area (Å²) in [4.78, 5) is -0.0197. The van der Waals surface area contributed by atoms with E-state index in [1.165, 1.54) is 18.2 Å². The molecule has 3 N–H and O–H groups in total. The summed E-state index contributed by atoms with van der Waals surface area (Å²) < 4.78 is 26.6. The molecule has 0 fully saturated rings. The Balaban J connectivity index is 2.81. The third kappa shape index (κ3) is 4.54. The molecule has 0 spiro atoms. The summed E-state index contributed by atoms with van der Waals surface area (Å²) in [6.07, 6.45) is 1.73. The number of hydrogen-bond donors (Lipinski definition) is 2. The first-order chi connectivity index (χ1) is 8.86. The second-order valence-corrected chi connectivity index (χ2v) is 6.54. The van der Waals surface area contributed by atoms with Crippen molar-refractivity contribution in [3.8, 4) is 6.07 Å². The van der Waals surface area contributed by atoms with Crippen LogP contribution >= 0.6 is 0 Å². The van der Waals surface area contributed by atoms with Gasteiger partial charge in [-0.2, -0.15) is 5.26 Å². The minimum Gasteiger partial charge on any atom is -0.399 e. The Labute approximate surface area is 114 Å². The summed E-state index contributed by atoms with van der Waals surface area (Å²) in [6, 6.07) is 6.05. The number of rotatable bonds is 6. The van der Waals surface area contributed by atoms with E-state index in [9.17, 15) is 8.42 Å². The second kappa shape index (κ2) is 6.55. The van der Waals surface area contributed by atoms with Crippen LogP contribution in [0.2, 0.25) is 0 Å². The van der Waals surface area contributed by atoms with E-state index in [1.807, 2.05) is 6.07 Å². The van der Waals surface area contributed by atoms with Gasteiger partial charge in [0, 0.05) is 12.2 Å². The maximum Gasteiger partial charge on any atom is 0.241 e. The molecule has 5 nitrogen and oxygen atoms in total. The average Bonchev–Trinajstić information content (AvgIpc) is 2.34. The molecule has 0 aliphatic carbocycles. The lowest BCUT2D eigenvalue weighted by molar-refractivity contribution is 0.540. The van der Waals surface area contributed by atoms with E-state index in [-0.39, 0.29) is 10.5 Å². The maximum atomic E-state index is 12.1. The first-order valence-corrected chi connectivity index (χ1v) is 7.64. The minimum absolute atomic E-state index is 0.0197. The van der Waals surface area contributed by atoms with Gasteiger partial charge in [0.15, 0.2) is 0 Å². The van der Waals surface area contributed by atoms with E-state index >= 15 is 0 Å². The Morgan fingerprint density at radius 1 is 1.42 bits per heavy atom. The zero-order chi connectivity index (χ0) is 14.5. The van der Waals surface area contributed by atoms with Crippen molar-refractivity contribution in [3.05, 3.63) is 23.8 Å². The number of nitrogen functional groups attached to an aromatic ring is 1. The van der Waals surface area contributed by atoms with Gasteiger partial charge in [0.2, 0.25) is 10.0 Å². The van der Waals surface area contributed by atoms with Crippen LogP contribution in [0, 0.1) is 17.2 Å². The summed E-state index contributed by atoms with van der Waals surface area (Å²) >= 11 is 0. The van der Waals surface area contributed by atoms with E-state index in [0.29, 0.717) is 18.2 Å². The van der Waals surface area contributed by atoms with E-state index < -0.39 is 10.0 Å². The zero-order valence-electron chi connectivity index (χ0n) is 11.2. The van der Waals surface area contributed by atoms with Gasteiger partial charge in [-0.15, -0.1) is 0 Å². The first-order valence-electron chi connectivity index (χ1n) is 6.16. The standard InChI is InChI=1S/C13H19N3O2S/c1-10(2)4-3-7-16-19(17,18)13-6-5-12(15)8-11(13)9-14/h5-6,8,10,16H,3-4,7,15H2,1-2H3. The fraction of sp³-hybridized carbons (Fsp3) is 0.462. The number of anilines is 1. The number of benzene rings is 1. The molecule has 19 heavy (non-hydrogen) atoms. The largest absolute Gasteiger partial charge is 0.399 e. The molecule has 104 valence electrons. The molecule has 0 saturated heterocycles. The molecule has 1 aromatic carbocycles. The molecule has 6 heteroatoms. The van der Waals surface area contributed by atoms with Crippen LogP contribution in [0.4, 0.5) is 5.69 Å². The summed E-state index contributed by atoms with van der Waals surface area (Å²) in [5, 5.41) is 8.95. The molecule has 0 radical (unpaired) electrons. The highest BCUT2D eigenvalue weighted by Gasteiger charge is 2.18. The third-order valence-electron chi connectivity index (χ3n) is 2.66. The van der Waals surface area contributed by atoms with Gasteiger partial charge in [-0.3, -0.25) is 0 Å². The third-order valence-corrected chi connectivity index (χ3v) is 4.18. The highest BCUT2D eigenvalue weighted by molar-refractivity contribution is 7.89. The average molecular weight is 281 g/mol. The molecular weight excluding hydrogens is 262 g/mol. The van der Waals surface area contributed by atoms with Gasteiger partial charge in [-0.25, -0.2) is 13.1 Å². The predicted molar refractivity (Wildman–Crippen MR) is 74.8 cm³/mol. The molecule has 0 atom stereocenters. The predicted octanol–water partition coefficient (Wildman–Crippen LogP) is 1.85. The Morgan fingerprint density at radius 3 is 2.68 bits per heavy atom. The highest BCUT2D eigenvalue weighted by Crippen LogP contribution is 2.18. The molecular formula is C13H19N3O2S. The van der Waals surface area contributed by atoms with E-state index in [4.69, 9.17) is 11.0 Å². The molecule has 0 saturated carbocycles. The lowest BCUT2D eigenvalue weighted by atomic mass is 10.1. The van der Waals surface area contributed by atoms with Crippen LogP contribution in [-0.2, 0) is 10.0 Å². The Hall–Kier alpha value is -1.58. The van der Waals surface area contributed by atoms with Crippen molar-refractivity contribution < 1.29 is 8.42 Å². The zero-order valence-corrected chi connectivity index (χ0v) is 12.0. The van der Waals surface area contributed by atoms with Crippen molar-refractivity contribution in [2.75, 3.05) is 12.3 Å². The van der Waals surface area contributed by atoms with E-state index in [2.05, 4.69) is 18.6 Å². The quantitative estimate of drug-likeness (QED) is 0.614. The molecule has 0 aromatic heterocycles. The maximum absolute atomic E-state index is 12.1. The molecule has 1 aromatic rings. The summed E-state index contributed by atoms with van der Waals surface area (Å²) in [5.74, 6) is 0.538. The van der Waals surface area contributed by atoms with Crippen molar-refractivity contribution in [2.45, 2.75) is 31.6 Å². The number of nitriles is 1. The monoisotopic (exact) mass is 281 g/mol. The van der Waals surface area contributed by atoms with Crippen LogP contribution < -0.4 is 10.5 Å². The van der Waals surface area contributed by atoms with E-state index in [0.717, 1.165) is 12.8 Å². The van der Waals surface area contributed by atoms with Crippen LogP contribution in [-0.4, -0.2) is 15.0 Å². The van der Waals surface area contributed by atoms with Crippen LogP contribution in [0.3, 0.4) is 0 Å². The fourth-order valence-corrected chi connectivity index (χ4v) is 2.87. The Bertz CT molecular complexity index is 574. The highest BCUT2D eigenvalue weighted by atomic mass is 32.2. The SMILES string of the molecule is CC(C)CCCNS(=O)(=O)c1ccc(N)cc1C#N. The van der Waals surface area contributed by atoms with Gasteiger partial charge in [-0.1, -0.05) is 13.8 Å². The van der Waals surface area contributed by atoms with Crippen molar-refractivity contribution in [3.63, 3.8) is 0 Å². The van der Waals surface area contributed by atoms with E-state index in [1.54, 1.807) is 0 Å². The van der Waals surface area contributed by atoms with Crippen molar-refractivity contribution >= 4 is 15.7 Å². The summed E-state index contributed by atoms with van der Waals surface area (Å²) in [7, 11) is -3.65. The summed E-state index contributed by atoms with van der Waals surface area (Å²) in [6.45, 7) is 4.54. The molecule has 0 aliphatic heterocycles. The van der Waals surface area contributed by atoms with Gasteiger partial charge in [0.1, 0.15) is 6.07 Å². The number of nitrogens with zero attached hydrogens (tertiary/aromatic N) is 1. The van der Waals surface area contributed by atoms with Crippen molar-refractivity contribution in [2.24, 2.45) is 5.92 Å². The minimum atomic E-state index is -3.65. The molecule has 0 unspecified atom stereocenters. The number of hydrogen-bond acceptors (Lipinski definition) is 4. The smallest absolute Gasteiger partial charge is 0.241 e. The van der Waals surface area contributed by atoms with Gasteiger partial charge < -0.3 is 5.73 Å². The Kier molecular flexibility index (Phi) is 5.33. The molecule has 0 aliphatic rings. The van der Waals surface area contributed by atoms with Gasteiger partial charge in [-0.05, 0) is 37.0 Å². The normalized spacial score (nSPS) is 11.5. The van der Waals surface area contributed by atoms with Crippen LogP contribution in [0.15, 0.2) is 23.1 Å². The van der Waals surface area contributed by atoms with Gasteiger partial charge in [0.25, 0.3) is 0 Å². The van der Waals surface area contributed by atoms with Crippen LogP contribution in [0.5, 0.6) is 0 Å². The number of nitrogens with two attached hydrogens (primary N) is 1. The molecule has 0 heterocycles. The van der Waals surface area contributed by atoms with Crippen molar-refractivity contribution in [1.29, 1.82) is 5.26 Å². The first kappa shape index (κ1) is 15.5. The number of sulfonamides is 1. The lowest BCUT2D eigenvalue weighted by Gasteiger charge is -2.09. The molecule has 0 bridgehead atoms.